The number of rotatable bonds is 4. The number of nitrogens with zero attached hydrogens (tertiary/aromatic N) is 1. The van der Waals surface area contributed by atoms with Crippen LogP contribution < -0.4 is 10.6 Å². The van der Waals surface area contributed by atoms with Crippen LogP contribution in [0.1, 0.15) is 18.5 Å². The normalized spacial score (nSPS) is 17.0. The maximum atomic E-state index is 12.3. The molecule has 0 bridgehead atoms. The Morgan fingerprint density at radius 2 is 2.08 bits per heavy atom. The lowest BCUT2D eigenvalue weighted by Crippen LogP contribution is -2.46. The zero-order valence-corrected chi connectivity index (χ0v) is 14.2. The van der Waals surface area contributed by atoms with Crippen LogP contribution in [0.5, 0.6) is 0 Å². The minimum atomic E-state index is -1.05. The van der Waals surface area contributed by atoms with Crippen molar-refractivity contribution >= 4 is 46.4 Å². The maximum absolute atomic E-state index is 12.3. The highest BCUT2D eigenvalue weighted by Gasteiger charge is 2.34. The zero-order valence-electron chi connectivity index (χ0n) is 12.6. The van der Waals surface area contributed by atoms with E-state index in [1.165, 1.54) is 18.2 Å². The molecule has 0 saturated heterocycles. The molecule has 0 saturated carbocycles. The quantitative estimate of drug-likeness (QED) is 0.272. The Hall–Kier alpha value is -2.52. The standard InChI is InChI=1S/C14H12ClN3O5S/c1-6-10(12(19)13(20)23-2)11(17-14(24)16-6)7-3-4-8(15)9(5-7)18(21)22/h3-5,11H,1-2H3,(H2,16,17,24)/t11-/m1/s1. The lowest BCUT2D eigenvalue weighted by molar-refractivity contribution is -0.384. The number of hydrogen-bond donors (Lipinski definition) is 2. The molecule has 0 aromatic heterocycles. The number of nitro groups is 1. The van der Waals surface area contributed by atoms with E-state index in [4.69, 9.17) is 23.8 Å². The Kier molecular flexibility index (Phi) is 5.15. The second-order valence-electron chi connectivity index (χ2n) is 4.86. The van der Waals surface area contributed by atoms with Gasteiger partial charge in [-0.1, -0.05) is 17.7 Å². The maximum Gasteiger partial charge on any atom is 0.379 e. The van der Waals surface area contributed by atoms with Gasteiger partial charge in [0.15, 0.2) is 5.11 Å². The number of ether oxygens (including phenoxy) is 1. The number of hydrogen-bond acceptors (Lipinski definition) is 6. The number of Topliss-reactive ketones (excluding diaryl/α,β-unsaturated/α-hetero) is 1. The number of carbonyl (C=O) groups is 2. The van der Waals surface area contributed by atoms with E-state index in [0.29, 0.717) is 11.3 Å². The Morgan fingerprint density at radius 3 is 2.67 bits per heavy atom. The van der Waals surface area contributed by atoms with Crippen LogP contribution in [-0.4, -0.2) is 28.9 Å². The molecule has 0 unspecified atom stereocenters. The molecular formula is C14H12ClN3O5S. The number of carbonyl (C=O) groups excluding carboxylic acids is 2. The first-order valence-corrected chi connectivity index (χ1v) is 7.39. The molecule has 2 rings (SSSR count). The summed E-state index contributed by atoms with van der Waals surface area (Å²) in [5, 5.41) is 16.8. The lowest BCUT2D eigenvalue weighted by atomic mass is 9.92. The van der Waals surface area contributed by atoms with E-state index >= 15 is 0 Å². The van der Waals surface area contributed by atoms with E-state index < -0.39 is 22.7 Å². The summed E-state index contributed by atoms with van der Waals surface area (Å²) in [5.41, 5.74) is 0.466. The third-order valence-corrected chi connectivity index (χ3v) is 3.92. The molecule has 1 aliphatic rings. The van der Waals surface area contributed by atoms with Gasteiger partial charge in [-0.3, -0.25) is 14.9 Å². The molecule has 0 fully saturated rings. The number of nitro benzene ring substituents is 1. The van der Waals surface area contributed by atoms with Gasteiger partial charge in [-0.05, 0) is 30.8 Å². The van der Waals surface area contributed by atoms with Crippen molar-refractivity contribution in [2.24, 2.45) is 0 Å². The molecule has 1 aliphatic heterocycles. The van der Waals surface area contributed by atoms with Gasteiger partial charge in [0.25, 0.3) is 11.5 Å². The second-order valence-corrected chi connectivity index (χ2v) is 5.67. The van der Waals surface area contributed by atoms with Gasteiger partial charge in [-0.2, -0.15) is 0 Å². The summed E-state index contributed by atoms with van der Waals surface area (Å²) in [6.45, 7) is 1.57. The number of thiocarbonyl (C=S) groups is 1. The van der Waals surface area contributed by atoms with Crippen molar-refractivity contribution in [3.63, 3.8) is 0 Å². The van der Waals surface area contributed by atoms with Crippen molar-refractivity contribution in [2.45, 2.75) is 13.0 Å². The van der Waals surface area contributed by atoms with E-state index in [-0.39, 0.29) is 21.4 Å². The molecule has 1 aromatic carbocycles. The molecule has 126 valence electrons. The number of esters is 1. The van der Waals surface area contributed by atoms with E-state index in [0.717, 1.165) is 7.11 Å². The van der Waals surface area contributed by atoms with Gasteiger partial charge in [0.1, 0.15) is 5.02 Å². The van der Waals surface area contributed by atoms with Crippen molar-refractivity contribution < 1.29 is 19.2 Å². The van der Waals surface area contributed by atoms with E-state index in [1.54, 1.807) is 6.92 Å². The minimum Gasteiger partial charge on any atom is -0.463 e. The number of allylic oxidation sites excluding steroid dienone is 1. The van der Waals surface area contributed by atoms with Gasteiger partial charge in [0.2, 0.25) is 0 Å². The highest BCUT2D eigenvalue weighted by molar-refractivity contribution is 7.80. The first-order valence-electron chi connectivity index (χ1n) is 6.61. The lowest BCUT2D eigenvalue weighted by Gasteiger charge is -2.29. The van der Waals surface area contributed by atoms with Crippen LogP contribution in [0.15, 0.2) is 29.5 Å². The molecule has 2 N–H and O–H groups in total. The predicted octanol–water partition coefficient (Wildman–Crippen LogP) is 1.78. The van der Waals surface area contributed by atoms with Crippen molar-refractivity contribution in [3.8, 4) is 0 Å². The van der Waals surface area contributed by atoms with Gasteiger partial charge < -0.3 is 15.4 Å². The summed E-state index contributed by atoms with van der Waals surface area (Å²) in [6.07, 6.45) is 0. The van der Waals surface area contributed by atoms with Crippen LogP contribution in [0.2, 0.25) is 5.02 Å². The Bertz CT molecular complexity index is 793. The van der Waals surface area contributed by atoms with E-state index in [1.807, 2.05) is 0 Å². The molecular weight excluding hydrogens is 358 g/mol. The smallest absolute Gasteiger partial charge is 0.379 e. The monoisotopic (exact) mass is 369 g/mol. The topological polar surface area (TPSA) is 111 Å². The Morgan fingerprint density at radius 1 is 1.42 bits per heavy atom. The fourth-order valence-electron chi connectivity index (χ4n) is 2.30. The van der Waals surface area contributed by atoms with Crippen molar-refractivity contribution in [3.05, 3.63) is 50.2 Å². The number of methoxy groups -OCH3 is 1. The van der Waals surface area contributed by atoms with Crippen molar-refractivity contribution in [1.82, 2.24) is 10.6 Å². The van der Waals surface area contributed by atoms with Crippen molar-refractivity contribution in [1.29, 1.82) is 0 Å². The predicted molar refractivity (Wildman–Crippen MR) is 89.4 cm³/mol. The van der Waals surface area contributed by atoms with Crippen LogP contribution in [0, 0.1) is 10.1 Å². The highest BCUT2D eigenvalue weighted by Crippen LogP contribution is 2.33. The fraction of sp³-hybridized carbons (Fsp3) is 0.214. The summed E-state index contributed by atoms with van der Waals surface area (Å²) in [5.74, 6) is -1.92. The van der Waals surface area contributed by atoms with E-state index in [9.17, 15) is 19.7 Å². The van der Waals surface area contributed by atoms with Crippen LogP contribution in [-0.2, 0) is 14.3 Å². The summed E-state index contributed by atoms with van der Waals surface area (Å²) in [7, 11) is 1.09. The summed E-state index contributed by atoms with van der Waals surface area (Å²) in [4.78, 5) is 34.4. The van der Waals surface area contributed by atoms with Gasteiger partial charge in [-0.15, -0.1) is 0 Å². The Balaban J connectivity index is 2.57. The number of halogens is 1. The third kappa shape index (κ3) is 3.36. The van der Waals surface area contributed by atoms with Crippen LogP contribution in [0.3, 0.4) is 0 Å². The molecule has 10 heteroatoms. The van der Waals surface area contributed by atoms with Gasteiger partial charge in [0.05, 0.1) is 23.6 Å². The summed E-state index contributed by atoms with van der Waals surface area (Å²) < 4.78 is 4.47. The molecule has 1 aromatic rings. The second kappa shape index (κ2) is 6.93. The molecule has 1 atom stereocenters. The average Bonchev–Trinajstić information content (AvgIpc) is 2.53. The molecule has 1 heterocycles. The molecule has 0 amide bonds. The molecule has 24 heavy (non-hydrogen) atoms. The SMILES string of the molecule is COC(=O)C(=O)C1=C(C)NC(=S)N[C@@H]1c1ccc(Cl)c([N+](=O)[O-])c1. The van der Waals surface area contributed by atoms with Crippen LogP contribution in [0.4, 0.5) is 5.69 Å². The molecule has 0 aliphatic carbocycles. The van der Waals surface area contributed by atoms with Crippen LogP contribution >= 0.6 is 23.8 Å². The molecule has 0 spiro atoms. The zero-order chi connectivity index (χ0) is 18.0. The summed E-state index contributed by atoms with van der Waals surface area (Å²) >= 11 is 10.9. The largest absolute Gasteiger partial charge is 0.463 e. The minimum absolute atomic E-state index is 0.0400. The van der Waals surface area contributed by atoms with Crippen LogP contribution in [0.25, 0.3) is 0 Å². The number of benzene rings is 1. The van der Waals surface area contributed by atoms with Crippen molar-refractivity contribution in [2.75, 3.05) is 7.11 Å². The molecule has 0 radical (unpaired) electrons. The van der Waals surface area contributed by atoms with Gasteiger partial charge in [-0.25, -0.2) is 4.79 Å². The average molecular weight is 370 g/mol. The molecule has 8 nitrogen and oxygen atoms in total. The van der Waals surface area contributed by atoms with Gasteiger partial charge >= 0.3 is 5.97 Å². The van der Waals surface area contributed by atoms with Gasteiger partial charge in [0, 0.05) is 11.8 Å². The fourth-order valence-corrected chi connectivity index (χ4v) is 2.75. The first-order chi connectivity index (χ1) is 11.3. The van der Waals surface area contributed by atoms with E-state index in [2.05, 4.69) is 15.4 Å². The first kappa shape index (κ1) is 17.8. The Labute approximate surface area is 147 Å². The highest BCUT2D eigenvalue weighted by atomic mass is 35.5. The third-order valence-electron chi connectivity index (χ3n) is 3.38. The number of nitrogens with one attached hydrogen (secondary N) is 2. The summed E-state index contributed by atoms with van der Waals surface area (Å²) in [6, 6.07) is 3.24. The number of ketones is 1.